The number of methoxy groups -OCH3 is 1. The molecule has 1 amide bonds. The molecule has 1 aromatic carbocycles. The highest BCUT2D eigenvalue weighted by molar-refractivity contribution is 5.94. The molecule has 2 N–H and O–H groups in total. The first-order valence-corrected chi connectivity index (χ1v) is 8.24. The number of ether oxygens (including phenoxy) is 2. The molecule has 0 fully saturated rings. The molecule has 1 heterocycles. The summed E-state index contributed by atoms with van der Waals surface area (Å²) in [7, 11) is 1.66. The van der Waals surface area contributed by atoms with Crippen LogP contribution in [0.4, 0.5) is 0 Å². The molecule has 0 aliphatic heterocycles. The summed E-state index contributed by atoms with van der Waals surface area (Å²) in [5, 5.41) is 9.94. The van der Waals surface area contributed by atoms with Gasteiger partial charge in [-0.05, 0) is 32.0 Å². The fourth-order valence-electron chi connectivity index (χ4n) is 2.26. The van der Waals surface area contributed by atoms with Gasteiger partial charge >= 0.3 is 0 Å². The number of benzene rings is 1. The van der Waals surface area contributed by atoms with Crippen LogP contribution in [0.25, 0.3) is 0 Å². The highest BCUT2D eigenvalue weighted by atomic mass is 35.5. The second-order valence-electron chi connectivity index (χ2n) is 5.62. The Balaban J connectivity index is 0.00000338. The number of carbonyl (C=O) groups excluding carboxylic acids is 1. The molecule has 0 radical (unpaired) electrons. The molecule has 0 aliphatic rings. The van der Waals surface area contributed by atoms with E-state index in [0.29, 0.717) is 37.6 Å². The van der Waals surface area contributed by atoms with Crippen molar-refractivity contribution in [2.45, 2.75) is 20.5 Å². The van der Waals surface area contributed by atoms with Crippen molar-refractivity contribution in [3.8, 4) is 5.75 Å². The van der Waals surface area contributed by atoms with E-state index in [1.165, 1.54) is 0 Å². The lowest BCUT2D eigenvalue weighted by Gasteiger charge is -2.09. The lowest BCUT2D eigenvalue weighted by Crippen LogP contribution is -2.33. The van der Waals surface area contributed by atoms with E-state index >= 15 is 0 Å². The zero-order valence-corrected chi connectivity index (χ0v) is 16.1. The van der Waals surface area contributed by atoms with E-state index in [4.69, 9.17) is 14.0 Å². The third-order valence-corrected chi connectivity index (χ3v) is 3.73. The van der Waals surface area contributed by atoms with Crippen LogP contribution in [0, 0.1) is 13.8 Å². The topological polar surface area (TPSA) is 85.6 Å². The molecule has 144 valence electrons. The van der Waals surface area contributed by atoms with Crippen molar-refractivity contribution in [2.75, 3.05) is 33.4 Å². The zero-order valence-electron chi connectivity index (χ0n) is 15.3. The van der Waals surface area contributed by atoms with Gasteiger partial charge < -0.3 is 24.6 Å². The molecule has 0 atom stereocenters. The Morgan fingerprint density at radius 3 is 2.73 bits per heavy atom. The number of hydrogen-bond donors (Lipinski definition) is 2. The fraction of sp³-hybridized carbons (Fsp3) is 0.444. The summed E-state index contributed by atoms with van der Waals surface area (Å²) in [5.74, 6) is 1.24. The lowest BCUT2D eigenvalue weighted by molar-refractivity contribution is 0.0953. The van der Waals surface area contributed by atoms with E-state index < -0.39 is 0 Å². The molecule has 0 bridgehead atoms. The third-order valence-electron chi connectivity index (χ3n) is 3.73. The first kappa shape index (κ1) is 22.0. The van der Waals surface area contributed by atoms with Gasteiger partial charge in [-0.1, -0.05) is 11.2 Å². The number of aryl methyl sites for hydroxylation is 2. The monoisotopic (exact) mass is 383 g/mol. The van der Waals surface area contributed by atoms with Crippen LogP contribution in [0.15, 0.2) is 28.8 Å². The van der Waals surface area contributed by atoms with Crippen LogP contribution in [-0.4, -0.2) is 44.4 Å². The van der Waals surface area contributed by atoms with Crippen LogP contribution in [0.2, 0.25) is 0 Å². The summed E-state index contributed by atoms with van der Waals surface area (Å²) in [6, 6.07) is 7.11. The Bertz CT molecular complexity index is 671. The van der Waals surface area contributed by atoms with Crippen molar-refractivity contribution < 1.29 is 18.8 Å². The second-order valence-corrected chi connectivity index (χ2v) is 5.62. The zero-order chi connectivity index (χ0) is 18.1. The Morgan fingerprint density at radius 1 is 1.23 bits per heavy atom. The van der Waals surface area contributed by atoms with Crippen LogP contribution < -0.4 is 15.4 Å². The number of halogens is 1. The van der Waals surface area contributed by atoms with Crippen molar-refractivity contribution in [3.05, 3.63) is 46.8 Å². The molecule has 0 saturated carbocycles. The summed E-state index contributed by atoms with van der Waals surface area (Å²) in [6.07, 6.45) is 0. The second kappa shape index (κ2) is 11.5. The average Bonchev–Trinajstić information content (AvgIpc) is 2.94. The van der Waals surface area contributed by atoms with Crippen molar-refractivity contribution in [3.63, 3.8) is 0 Å². The number of rotatable bonds is 10. The van der Waals surface area contributed by atoms with Gasteiger partial charge in [-0.25, -0.2) is 0 Å². The minimum Gasteiger partial charge on any atom is -0.489 e. The molecule has 7 nitrogen and oxygen atoms in total. The summed E-state index contributed by atoms with van der Waals surface area (Å²) in [4.78, 5) is 12.2. The van der Waals surface area contributed by atoms with E-state index in [1.807, 2.05) is 19.9 Å². The van der Waals surface area contributed by atoms with Crippen LogP contribution in [-0.2, 0) is 11.3 Å². The number of nitrogens with one attached hydrogen (secondary N) is 2. The first-order valence-electron chi connectivity index (χ1n) is 8.24. The van der Waals surface area contributed by atoms with Gasteiger partial charge in [0.1, 0.15) is 18.1 Å². The van der Waals surface area contributed by atoms with Crippen LogP contribution in [0.3, 0.4) is 0 Å². The third kappa shape index (κ3) is 6.67. The van der Waals surface area contributed by atoms with Crippen molar-refractivity contribution in [2.24, 2.45) is 0 Å². The Morgan fingerprint density at radius 2 is 2.04 bits per heavy atom. The summed E-state index contributed by atoms with van der Waals surface area (Å²) in [6.45, 7) is 6.73. The van der Waals surface area contributed by atoms with Crippen LogP contribution in [0.5, 0.6) is 5.75 Å². The SMILES string of the molecule is COCCNCCNC(=O)c1cccc(OCc2c(C)noc2C)c1.Cl. The Labute approximate surface area is 159 Å². The normalized spacial score (nSPS) is 10.3. The smallest absolute Gasteiger partial charge is 0.251 e. The van der Waals surface area contributed by atoms with Crippen molar-refractivity contribution >= 4 is 18.3 Å². The largest absolute Gasteiger partial charge is 0.489 e. The maximum Gasteiger partial charge on any atom is 0.251 e. The van der Waals surface area contributed by atoms with Gasteiger partial charge in [-0.15, -0.1) is 12.4 Å². The molecular weight excluding hydrogens is 358 g/mol. The lowest BCUT2D eigenvalue weighted by atomic mass is 10.2. The molecule has 0 saturated heterocycles. The van der Waals surface area contributed by atoms with E-state index in [-0.39, 0.29) is 18.3 Å². The quantitative estimate of drug-likeness (QED) is 0.612. The first-order chi connectivity index (χ1) is 12.1. The standard InChI is InChI=1S/C18H25N3O4.ClH/c1-13-17(14(2)25-21-13)12-24-16-6-4-5-15(11-16)18(22)20-8-7-19-9-10-23-3;/h4-6,11,19H,7-10,12H2,1-3H3,(H,20,22);1H. The van der Waals surface area contributed by atoms with Gasteiger partial charge in [0.05, 0.1) is 17.9 Å². The minimum atomic E-state index is -0.128. The number of aromatic nitrogens is 1. The molecule has 1 aromatic heterocycles. The number of carbonyl (C=O) groups is 1. The molecule has 2 rings (SSSR count). The van der Waals surface area contributed by atoms with Crippen LogP contribution >= 0.6 is 12.4 Å². The maximum atomic E-state index is 12.2. The van der Waals surface area contributed by atoms with Crippen molar-refractivity contribution in [1.29, 1.82) is 0 Å². The summed E-state index contributed by atoms with van der Waals surface area (Å²) >= 11 is 0. The molecule has 8 heteroatoms. The Hall–Kier alpha value is -2.09. The summed E-state index contributed by atoms with van der Waals surface area (Å²) < 4.78 is 15.8. The predicted molar refractivity (Wildman–Crippen MR) is 101 cm³/mol. The number of nitrogens with zero attached hydrogens (tertiary/aromatic N) is 1. The van der Waals surface area contributed by atoms with E-state index in [1.54, 1.807) is 25.3 Å². The van der Waals surface area contributed by atoms with Gasteiger partial charge in [0.15, 0.2) is 0 Å². The highest BCUT2D eigenvalue weighted by Gasteiger charge is 2.11. The fourth-order valence-corrected chi connectivity index (χ4v) is 2.26. The molecule has 0 unspecified atom stereocenters. The molecule has 0 aliphatic carbocycles. The van der Waals surface area contributed by atoms with E-state index in [2.05, 4.69) is 15.8 Å². The highest BCUT2D eigenvalue weighted by Crippen LogP contribution is 2.18. The maximum absolute atomic E-state index is 12.2. The molecule has 0 spiro atoms. The minimum absolute atomic E-state index is 0. The van der Waals surface area contributed by atoms with Gasteiger partial charge in [0, 0.05) is 32.3 Å². The van der Waals surface area contributed by atoms with Crippen LogP contribution in [0.1, 0.15) is 27.4 Å². The average molecular weight is 384 g/mol. The summed E-state index contributed by atoms with van der Waals surface area (Å²) in [5.41, 5.74) is 2.30. The number of hydrogen-bond acceptors (Lipinski definition) is 6. The van der Waals surface area contributed by atoms with Gasteiger partial charge in [0.25, 0.3) is 5.91 Å². The van der Waals surface area contributed by atoms with Crippen molar-refractivity contribution in [1.82, 2.24) is 15.8 Å². The van der Waals surface area contributed by atoms with Gasteiger partial charge in [-0.3, -0.25) is 4.79 Å². The van der Waals surface area contributed by atoms with Gasteiger partial charge in [-0.2, -0.15) is 0 Å². The number of amides is 1. The van der Waals surface area contributed by atoms with Gasteiger partial charge in [0.2, 0.25) is 0 Å². The predicted octanol–water partition coefficient (Wildman–Crippen LogP) is 2.26. The molecule has 2 aromatic rings. The van der Waals surface area contributed by atoms with E-state index in [9.17, 15) is 4.79 Å². The Kier molecular flexibility index (Phi) is 9.72. The molecule has 26 heavy (non-hydrogen) atoms. The van der Waals surface area contributed by atoms with E-state index in [0.717, 1.165) is 23.6 Å². The molecular formula is C18H26ClN3O4.